The van der Waals surface area contributed by atoms with Gasteiger partial charge in [0, 0.05) is 31.6 Å². The van der Waals surface area contributed by atoms with Crippen LogP contribution in [0.2, 0.25) is 0 Å². The van der Waals surface area contributed by atoms with Crippen LogP contribution in [0.3, 0.4) is 0 Å². The quantitative estimate of drug-likeness (QED) is 0.833. The van der Waals surface area contributed by atoms with Gasteiger partial charge >= 0.3 is 0 Å². The van der Waals surface area contributed by atoms with Gasteiger partial charge in [0.25, 0.3) is 0 Å². The van der Waals surface area contributed by atoms with E-state index in [2.05, 4.69) is 9.88 Å². The molecule has 2 atom stereocenters. The van der Waals surface area contributed by atoms with Crippen molar-refractivity contribution in [3.63, 3.8) is 0 Å². The summed E-state index contributed by atoms with van der Waals surface area (Å²) in [5, 5.41) is 0. The van der Waals surface area contributed by atoms with Crippen molar-refractivity contribution < 1.29 is 14.3 Å². The zero-order chi connectivity index (χ0) is 17.8. The molecule has 2 aliphatic heterocycles. The molecule has 0 bridgehead atoms. The lowest BCUT2D eigenvalue weighted by atomic mass is 9.94. The van der Waals surface area contributed by atoms with Crippen LogP contribution in [0, 0.1) is 5.92 Å². The van der Waals surface area contributed by atoms with Crippen molar-refractivity contribution in [3.8, 4) is 5.88 Å². The Labute approximate surface area is 150 Å². The molecule has 0 radical (unpaired) electrons. The SMILES string of the molecule is COc1cccc(CN2CCC(C(=O)N3C[C@@H](C)O[C@H](C)C3)CC2)n1. The first-order valence-electron chi connectivity index (χ1n) is 9.21. The summed E-state index contributed by atoms with van der Waals surface area (Å²) in [6.07, 6.45) is 2.10. The smallest absolute Gasteiger partial charge is 0.225 e. The van der Waals surface area contributed by atoms with Crippen molar-refractivity contribution in [2.45, 2.75) is 45.4 Å². The van der Waals surface area contributed by atoms with Gasteiger partial charge in [0.15, 0.2) is 0 Å². The molecular formula is C19H29N3O3. The second kappa shape index (κ2) is 8.15. The lowest BCUT2D eigenvalue weighted by Crippen LogP contribution is -2.51. The zero-order valence-electron chi connectivity index (χ0n) is 15.5. The van der Waals surface area contributed by atoms with Gasteiger partial charge in [0.2, 0.25) is 11.8 Å². The third-order valence-corrected chi connectivity index (χ3v) is 5.04. The van der Waals surface area contributed by atoms with Gasteiger partial charge in [-0.25, -0.2) is 4.98 Å². The van der Waals surface area contributed by atoms with Crippen molar-refractivity contribution in [1.82, 2.24) is 14.8 Å². The van der Waals surface area contributed by atoms with Gasteiger partial charge < -0.3 is 14.4 Å². The Hall–Kier alpha value is -1.66. The molecule has 2 saturated heterocycles. The third-order valence-electron chi connectivity index (χ3n) is 5.04. The Bertz CT molecular complexity index is 577. The maximum Gasteiger partial charge on any atom is 0.225 e. The summed E-state index contributed by atoms with van der Waals surface area (Å²) >= 11 is 0. The molecule has 6 heteroatoms. The van der Waals surface area contributed by atoms with Crippen molar-refractivity contribution in [2.75, 3.05) is 33.3 Å². The van der Waals surface area contributed by atoms with Crippen LogP contribution in [0.25, 0.3) is 0 Å². The Kier molecular flexibility index (Phi) is 5.91. The fourth-order valence-corrected chi connectivity index (χ4v) is 3.84. The molecule has 2 fully saturated rings. The number of aromatic nitrogens is 1. The van der Waals surface area contributed by atoms with E-state index in [1.165, 1.54) is 0 Å². The molecule has 3 rings (SSSR count). The van der Waals surface area contributed by atoms with Gasteiger partial charge in [0.05, 0.1) is 25.0 Å². The zero-order valence-corrected chi connectivity index (χ0v) is 15.5. The molecule has 0 aromatic carbocycles. The maximum absolute atomic E-state index is 12.8. The highest BCUT2D eigenvalue weighted by Gasteiger charge is 2.32. The molecule has 1 amide bonds. The summed E-state index contributed by atoms with van der Waals surface area (Å²) in [5.41, 5.74) is 1.01. The minimum Gasteiger partial charge on any atom is -0.481 e. The maximum atomic E-state index is 12.8. The molecule has 1 aromatic rings. The number of amides is 1. The van der Waals surface area contributed by atoms with E-state index < -0.39 is 0 Å². The van der Waals surface area contributed by atoms with Gasteiger partial charge in [0.1, 0.15) is 0 Å². The van der Waals surface area contributed by atoms with Crippen LogP contribution in [0.1, 0.15) is 32.4 Å². The number of pyridine rings is 1. The Morgan fingerprint density at radius 3 is 2.56 bits per heavy atom. The highest BCUT2D eigenvalue weighted by molar-refractivity contribution is 5.79. The van der Waals surface area contributed by atoms with Gasteiger partial charge in [-0.2, -0.15) is 0 Å². The highest BCUT2D eigenvalue weighted by atomic mass is 16.5. The number of methoxy groups -OCH3 is 1. The second-order valence-electron chi connectivity index (χ2n) is 7.22. The summed E-state index contributed by atoms with van der Waals surface area (Å²) in [5.74, 6) is 1.10. The van der Waals surface area contributed by atoms with Crippen LogP contribution in [0.5, 0.6) is 5.88 Å². The highest BCUT2D eigenvalue weighted by Crippen LogP contribution is 2.23. The molecule has 1 aromatic heterocycles. The van der Waals surface area contributed by atoms with E-state index in [1.807, 2.05) is 36.9 Å². The fraction of sp³-hybridized carbons (Fsp3) is 0.684. The number of carbonyl (C=O) groups excluding carboxylic acids is 1. The van der Waals surface area contributed by atoms with E-state index in [-0.39, 0.29) is 18.1 Å². The number of carbonyl (C=O) groups is 1. The molecule has 0 spiro atoms. The number of morpholine rings is 1. The summed E-state index contributed by atoms with van der Waals surface area (Å²) in [7, 11) is 1.64. The van der Waals surface area contributed by atoms with E-state index in [0.29, 0.717) is 11.8 Å². The second-order valence-corrected chi connectivity index (χ2v) is 7.22. The van der Waals surface area contributed by atoms with Crippen molar-refractivity contribution in [2.24, 2.45) is 5.92 Å². The number of piperidine rings is 1. The Balaban J connectivity index is 1.50. The van der Waals surface area contributed by atoms with Crippen LogP contribution < -0.4 is 4.74 Å². The van der Waals surface area contributed by atoms with E-state index in [4.69, 9.17) is 9.47 Å². The Morgan fingerprint density at radius 1 is 1.24 bits per heavy atom. The molecule has 2 aliphatic rings. The lowest BCUT2D eigenvalue weighted by molar-refractivity contribution is -0.148. The summed E-state index contributed by atoms with van der Waals surface area (Å²) < 4.78 is 10.9. The Morgan fingerprint density at radius 2 is 1.92 bits per heavy atom. The van der Waals surface area contributed by atoms with Crippen LogP contribution in [-0.4, -0.2) is 66.2 Å². The van der Waals surface area contributed by atoms with Crippen LogP contribution in [-0.2, 0) is 16.1 Å². The molecule has 25 heavy (non-hydrogen) atoms. The molecular weight excluding hydrogens is 318 g/mol. The molecule has 0 N–H and O–H groups in total. The average Bonchev–Trinajstić information content (AvgIpc) is 2.61. The number of likely N-dealkylation sites (tertiary alicyclic amines) is 1. The average molecular weight is 347 g/mol. The van der Waals surface area contributed by atoms with E-state index in [0.717, 1.165) is 51.3 Å². The van der Waals surface area contributed by atoms with Gasteiger partial charge in [-0.1, -0.05) is 6.07 Å². The predicted molar refractivity (Wildman–Crippen MR) is 95.4 cm³/mol. The first kappa shape index (κ1) is 18.1. The van der Waals surface area contributed by atoms with Crippen molar-refractivity contribution in [1.29, 1.82) is 0 Å². The van der Waals surface area contributed by atoms with Crippen LogP contribution >= 0.6 is 0 Å². The number of rotatable bonds is 4. The molecule has 6 nitrogen and oxygen atoms in total. The van der Waals surface area contributed by atoms with Gasteiger partial charge in [-0.15, -0.1) is 0 Å². The summed E-state index contributed by atoms with van der Waals surface area (Å²) in [6, 6.07) is 5.85. The standard InChI is InChI=1S/C19H29N3O3/c1-14-11-22(12-15(2)25-14)19(23)16-7-9-21(10-8-16)13-17-5-4-6-18(20-17)24-3/h4-6,14-16H,7-13H2,1-3H3/t14-,15-/m1/s1. The monoisotopic (exact) mass is 347 g/mol. The molecule has 3 heterocycles. The normalized spacial score (nSPS) is 25.8. The summed E-state index contributed by atoms with van der Waals surface area (Å²) in [6.45, 7) is 8.20. The predicted octanol–water partition coefficient (Wildman–Crippen LogP) is 1.94. The molecule has 0 unspecified atom stereocenters. The minimum absolute atomic E-state index is 0.131. The van der Waals surface area contributed by atoms with Crippen molar-refractivity contribution in [3.05, 3.63) is 23.9 Å². The largest absolute Gasteiger partial charge is 0.481 e. The first-order valence-corrected chi connectivity index (χ1v) is 9.21. The molecule has 0 aliphatic carbocycles. The first-order chi connectivity index (χ1) is 12.0. The fourth-order valence-electron chi connectivity index (χ4n) is 3.84. The van der Waals surface area contributed by atoms with Gasteiger partial charge in [-0.05, 0) is 45.8 Å². The molecule has 138 valence electrons. The third kappa shape index (κ3) is 4.70. The van der Waals surface area contributed by atoms with Crippen LogP contribution in [0.15, 0.2) is 18.2 Å². The number of ether oxygens (including phenoxy) is 2. The molecule has 0 saturated carbocycles. The lowest BCUT2D eigenvalue weighted by Gasteiger charge is -2.39. The topological polar surface area (TPSA) is 54.9 Å². The number of hydrogen-bond acceptors (Lipinski definition) is 5. The summed E-state index contributed by atoms with van der Waals surface area (Å²) in [4.78, 5) is 21.7. The van der Waals surface area contributed by atoms with Crippen molar-refractivity contribution >= 4 is 5.91 Å². The number of hydrogen-bond donors (Lipinski definition) is 0. The van der Waals surface area contributed by atoms with Gasteiger partial charge in [-0.3, -0.25) is 9.69 Å². The minimum atomic E-state index is 0.131. The van der Waals surface area contributed by atoms with E-state index >= 15 is 0 Å². The number of nitrogens with zero attached hydrogens (tertiary/aromatic N) is 3. The van der Waals surface area contributed by atoms with Crippen LogP contribution in [0.4, 0.5) is 0 Å². The van der Waals surface area contributed by atoms with E-state index in [9.17, 15) is 4.79 Å². The van der Waals surface area contributed by atoms with E-state index in [1.54, 1.807) is 7.11 Å².